The zero-order valence-corrected chi connectivity index (χ0v) is 14.6. The fraction of sp³-hybridized carbons (Fsp3) is 0.500. The molecule has 1 aliphatic heterocycles. The predicted molar refractivity (Wildman–Crippen MR) is 91.4 cm³/mol. The Morgan fingerprint density at radius 2 is 1.85 bits per heavy atom. The Hall–Kier alpha value is -2.45. The molecule has 1 aromatic carbocycles. The molecule has 8 nitrogen and oxygen atoms in total. The number of benzene rings is 1. The van der Waals surface area contributed by atoms with E-state index in [0.29, 0.717) is 17.9 Å². The summed E-state index contributed by atoms with van der Waals surface area (Å²) < 4.78 is 16.2. The number of carbonyl (C=O) groups is 3. The fourth-order valence-electron chi connectivity index (χ4n) is 3.18. The lowest BCUT2D eigenvalue weighted by Gasteiger charge is -2.21. The standard InChI is InChI=1S/C18H22N2O6/c1-24-17(23)12-4-6-13(7-5-12)20-16(22)15(21)19-10-14-11-25-18(26-14)8-2-3-9-18/h4-7,14H,2-3,8-11H2,1H3,(H,19,21)(H,20,22)/t14-/m1/s1. The summed E-state index contributed by atoms with van der Waals surface area (Å²) in [7, 11) is 1.29. The van der Waals surface area contributed by atoms with E-state index in [9.17, 15) is 14.4 Å². The summed E-state index contributed by atoms with van der Waals surface area (Å²) in [6.45, 7) is 0.631. The molecular formula is C18H22N2O6. The highest BCUT2D eigenvalue weighted by molar-refractivity contribution is 6.39. The van der Waals surface area contributed by atoms with Crippen LogP contribution in [0, 0.1) is 0 Å². The zero-order valence-electron chi connectivity index (χ0n) is 14.6. The van der Waals surface area contributed by atoms with Crippen molar-refractivity contribution in [1.29, 1.82) is 0 Å². The van der Waals surface area contributed by atoms with Gasteiger partial charge in [-0.25, -0.2) is 4.79 Å². The number of hydrogen-bond acceptors (Lipinski definition) is 6. The molecule has 1 aromatic rings. The Balaban J connectivity index is 1.44. The van der Waals surface area contributed by atoms with Crippen LogP contribution in [0.1, 0.15) is 36.0 Å². The zero-order chi connectivity index (χ0) is 18.6. The van der Waals surface area contributed by atoms with Gasteiger partial charge in [0.05, 0.1) is 19.3 Å². The minimum atomic E-state index is -0.787. The van der Waals surface area contributed by atoms with Gasteiger partial charge in [0.15, 0.2) is 5.79 Å². The van der Waals surface area contributed by atoms with Gasteiger partial charge in [0.2, 0.25) is 0 Å². The van der Waals surface area contributed by atoms with Gasteiger partial charge in [-0.2, -0.15) is 0 Å². The first kappa shape index (κ1) is 18.3. The minimum absolute atomic E-state index is 0.218. The van der Waals surface area contributed by atoms with Crippen LogP contribution < -0.4 is 10.6 Å². The van der Waals surface area contributed by atoms with Gasteiger partial charge in [0.1, 0.15) is 6.10 Å². The number of rotatable bonds is 4. The molecule has 1 saturated heterocycles. The summed E-state index contributed by atoms with van der Waals surface area (Å²) in [6, 6.07) is 6.05. The van der Waals surface area contributed by atoms with Gasteiger partial charge in [0, 0.05) is 25.1 Å². The maximum absolute atomic E-state index is 12.0. The van der Waals surface area contributed by atoms with Crippen LogP contribution in [0.3, 0.4) is 0 Å². The molecule has 0 unspecified atom stereocenters. The average molecular weight is 362 g/mol. The smallest absolute Gasteiger partial charge is 0.337 e. The molecule has 2 N–H and O–H groups in total. The molecule has 1 heterocycles. The molecule has 0 radical (unpaired) electrons. The third-order valence-corrected chi connectivity index (χ3v) is 4.54. The van der Waals surface area contributed by atoms with Crippen LogP contribution in [0.5, 0.6) is 0 Å². The Labute approximate surface area is 151 Å². The topological polar surface area (TPSA) is 103 Å². The lowest BCUT2D eigenvalue weighted by atomic mass is 10.2. The number of nitrogens with one attached hydrogen (secondary N) is 2. The molecule has 140 valence electrons. The highest BCUT2D eigenvalue weighted by Crippen LogP contribution is 2.38. The third-order valence-electron chi connectivity index (χ3n) is 4.54. The van der Waals surface area contributed by atoms with Crippen molar-refractivity contribution in [2.75, 3.05) is 25.6 Å². The molecule has 2 amide bonds. The number of carbonyl (C=O) groups excluding carboxylic acids is 3. The van der Waals surface area contributed by atoms with E-state index in [0.717, 1.165) is 25.7 Å². The lowest BCUT2D eigenvalue weighted by Crippen LogP contribution is -2.40. The van der Waals surface area contributed by atoms with Crippen molar-refractivity contribution in [3.8, 4) is 0 Å². The molecule has 1 saturated carbocycles. The maximum atomic E-state index is 12.0. The van der Waals surface area contributed by atoms with Gasteiger partial charge in [0.25, 0.3) is 0 Å². The number of esters is 1. The summed E-state index contributed by atoms with van der Waals surface area (Å²) in [5.41, 5.74) is 0.761. The molecule has 3 rings (SSSR count). The minimum Gasteiger partial charge on any atom is -0.465 e. The maximum Gasteiger partial charge on any atom is 0.337 e. The molecule has 1 atom stereocenters. The van der Waals surface area contributed by atoms with Crippen molar-refractivity contribution in [1.82, 2.24) is 5.32 Å². The van der Waals surface area contributed by atoms with E-state index in [2.05, 4.69) is 15.4 Å². The van der Waals surface area contributed by atoms with Crippen molar-refractivity contribution in [3.05, 3.63) is 29.8 Å². The molecule has 26 heavy (non-hydrogen) atoms. The van der Waals surface area contributed by atoms with Crippen LogP contribution in [-0.4, -0.2) is 49.9 Å². The predicted octanol–water partition coefficient (Wildman–Crippen LogP) is 1.21. The third kappa shape index (κ3) is 4.20. The quantitative estimate of drug-likeness (QED) is 0.617. The van der Waals surface area contributed by atoms with Crippen LogP contribution in [-0.2, 0) is 23.8 Å². The van der Waals surface area contributed by atoms with Crippen molar-refractivity contribution in [3.63, 3.8) is 0 Å². The number of amides is 2. The molecule has 1 spiro atoms. The number of hydrogen-bond donors (Lipinski definition) is 2. The largest absolute Gasteiger partial charge is 0.465 e. The van der Waals surface area contributed by atoms with Crippen molar-refractivity contribution >= 4 is 23.5 Å². The van der Waals surface area contributed by atoms with Crippen molar-refractivity contribution < 1.29 is 28.6 Å². The van der Waals surface area contributed by atoms with E-state index in [4.69, 9.17) is 9.47 Å². The normalized spacial score (nSPS) is 20.7. The summed E-state index contributed by atoms with van der Waals surface area (Å²) >= 11 is 0. The van der Waals surface area contributed by atoms with E-state index in [1.54, 1.807) is 0 Å². The highest BCUT2D eigenvalue weighted by atomic mass is 16.7. The van der Waals surface area contributed by atoms with Gasteiger partial charge in [-0.3, -0.25) is 9.59 Å². The van der Waals surface area contributed by atoms with Crippen LogP contribution >= 0.6 is 0 Å². The monoisotopic (exact) mass is 362 g/mol. The first-order valence-corrected chi connectivity index (χ1v) is 8.61. The average Bonchev–Trinajstić information content (AvgIpc) is 3.29. The van der Waals surface area contributed by atoms with Crippen molar-refractivity contribution in [2.24, 2.45) is 0 Å². The summed E-state index contributed by atoms with van der Waals surface area (Å²) in [5, 5.41) is 5.03. The number of ether oxygens (including phenoxy) is 3. The number of methoxy groups -OCH3 is 1. The fourth-order valence-corrected chi connectivity index (χ4v) is 3.18. The molecule has 0 aromatic heterocycles. The Morgan fingerprint density at radius 1 is 1.15 bits per heavy atom. The second kappa shape index (κ2) is 7.84. The highest BCUT2D eigenvalue weighted by Gasteiger charge is 2.43. The van der Waals surface area contributed by atoms with Gasteiger partial charge in [-0.1, -0.05) is 0 Å². The van der Waals surface area contributed by atoms with E-state index in [1.165, 1.54) is 31.4 Å². The summed E-state index contributed by atoms with van der Waals surface area (Å²) in [5.74, 6) is -2.50. The molecule has 8 heteroatoms. The van der Waals surface area contributed by atoms with Gasteiger partial charge in [-0.05, 0) is 37.1 Å². The first-order valence-electron chi connectivity index (χ1n) is 8.61. The van der Waals surface area contributed by atoms with Crippen LogP contribution in [0.25, 0.3) is 0 Å². The van der Waals surface area contributed by atoms with Crippen LogP contribution in [0.2, 0.25) is 0 Å². The Morgan fingerprint density at radius 3 is 2.50 bits per heavy atom. The van der Waals surface area contributed by atoms with Gasteiger partial charge >= 0.3 is 17.8 Å². The molecule has 0 bridgehead atoms. The van der Waals surface area contributed by atoms with Crippen molar-refractivity contribution in [2.45, 2.75) is 37.6 Å². The van der Waals surface area contributed by atoms with E-state index < -0.39 is 23.6 Å². The van der Waals surface area contributed by atoms with Crippen LogP contribution in [0.4, 0.5) is 5.69 Å². The van der Waals surface area contributed by atoms with E-state index in [-0.39, 0.29) is 12.6 Å². The Kier molecular flexibility index (Phi) is 5.53. The number of anilines is 1. The Bertz CT molecular complexity index is 681. The SMILES string of the molecule is COC(=O)c1ccc(NC(=O)C(=O)NC[C@@H]2COC3(CCCC3)O2)cc1. The first-order chi connectivity index (χ1) is 12.5. The molecule has 2 fully saturated rings. The summed E-state index contributed by atoms with van der Waals surface area (Å²) in [4.78, 5) is 35.3. The second-order valence-corrected chi connectivity index (χ2v) is 6.40. The van der Waals surface area contributed by atoms with E-state index in [1.807, 2.05) is 0 Å². The molecule has 1 aliphatic carbocycles. The van der Waals surface area contributed by atoms with Crippen LogP contribution in [0.15, 0.2) is 24.3 Å². The van der Waals surface area contributed by atoms with Gasteiger partial charge < -0.3 is 24.8 Å². The second-order valence-electron chi connectivity index (χ2n) is 6.40. The molecular weight excluding hydrogens is 340 g/mol. The lowest BCUT2D eigenvalue weighted by molar-refractivity contribution is -0.161. The summed E-state index contributed by atoms with van der Waals surface area (Å²) in [6.07, 6.45) is 3.66. The van der Waals surface area contributed by atoms with E-state index >= 15 is 0 Å². The van der Waals surface area contributed by atoms with Gasteiger partial charge in [-0.15, -0.1) is 0 Å². The molecule has 2 aliphatic rings.